The molecule has 0 fully saturated rings. The molecular weight excluding hydrogens is 250 g/mol. The van der Waals surface area contributed by atoms with Gasteiger partial charge in [0.25, 0.3) is 0 Å². The highest BCUT2D eigenvalue weighted by Crippen LogP contribution is 2.29. The van der Waals surface area contributed by atoms with E-state index in [0.29, 0.717) is 6.61 Å². The van der Waals surface area contributed by atoms with Gasteiger partial charge in [0.2, 0.25) is 0 Å². The van der Waals surface area contributed by atoms with Gasteiger partial charge in [-0.25, -0.2) is 4.98 Å². The molecule has 0 saturated carbocycles. The Morgan fingerprint density at radius 1 is 1.30 bits per heavy atom. The molecule has 0 aliphatic heterocycles. The van der Waals surface area contributed by atoms with Crippen molar-refractivity contribution in [2.24, 2.45) is 0 Å². The Hall–Kier alpha value is -1.97. The van der Waals surface area contributed by atoms with E-state index in [1.54, 1.807) is 0 Å². The normalized spacial score (nSPS) is 10.8. The van der Waals surface area contributed by atoms with Crippen LogP contribution in [-0.2, 0) is 6.54 Å². The second kappa shape index (κ2) is 6.46. The van der Waals surface area contributed by atoms with Gasteiger partial charge < -0.3 is 15.0 Å². The number of hydrogen-bond acceptors (Lipinski definition) is 3. The van der Waals surface area contributed by atoms with Crippen molar-refractivity contribution in [3.05, 3.63) is 30.1 Å². The lowest BCUT2D eigenvalue weighted by Crippen LogP contribution is -2.04. The van der Waals surface area contributed by atoms with Crippen LogP contribution < -0.4 is 10.5 Å². The van der Waals surface area contributed by atoms with E-state index in [1.807, 2.05) is 38.1 Å². The molecule has 1 aromatic heterocycles. The number of nitrogens with two attached hydrogens (primary N) is 1. The molecule has 2 N–H and O–H groups in total. The first-order chi connectivity index (χ1) is 9.67. The standard InChI is InChI=1S/C16H23N3O/c1-4-6-10-19-12(3)18-15(16(19)17)13-8-7-9-14(11-13)20-5-2/h7-9,11H,4-6,10,17H2,1-3H3. The molecule has 0 bridgehead atoms. The Kier molecular flexibility index (Phi) is 4.66. The van der Waals surface area contributed by atoms with Crippen molar-refractivity contribution in [3.8, 4) is 17.0 Å². The first-order valence-electron chi connectivity index (χ1n) is 7.23. The fourth-order valence-corrected chi connectivity index (χ4v) is 2.29. The van der Waals surface area contributed by atoms with Crippen molar-refractivity contribution < 1.29 is 4.74 Å². The summed E-state index contributed by atoms with van der Waals surface area (Å²) in [6, 6.07) is 7.93. The molecule has 108 valence electrons. The molecule has 0 radical (unpaired) electrons. The summed E-state index contributed by atoms with van der Waals surface area (Å²) in [5.41, 5.74) is 8.11. The van der Waals surface area contributed by atoms with Gasteiger partial charge in [0, 0.05) is 12.1 Å². The molecule has 0 unspecified atom stereocenters. The largest absolute Gasteiger partial charge is 0.494 e. The maximum absolute atomic E-state index is 6.26. The number of aromatic nitrogens is 2. The van der Waals surface area contributed by atoms with Crippen LogP contribution in [0.1, 0.15) is 32.5 Å². The fraction of sp³-hybridized carbons (Fsp3) is 0.438. The summed E-state index contributed by atoms with van der Waals surface area (Å²) in [5.74, 6) is 2.56. The monoisotopic (exact) mass is 273 g/mol. The molecule has 2 aromatic rings. The minimum Gasteiger partial charge on any atom is -0.494 e. The van der Waals surface area contributed by atoms with Gasteiger partial charge in [0.15, 0.2) is 0 Å². The van der Waals surface area contributed by atoms with Gasteiger partial charge in [0.05, 0.1) is 6.61 Å². The van der Waals surface area contributed by atoms with Gasteiger partial charge in [-0.05, 0) is 32.4 Å². The topological polar surface area (TPSA) is 53.1 Å². The quantitative estimate of drug-likeness (QED) is 0.874. The zero-order valence-electron chi connectivity index (χ0n) is 12.5. The maximum Gasteiger partial charge on any atom is 0.131 e. The minimum atomic E-state index is 0.656. The van der Waals surface area contributed by atoms with E-state index < -0.39 is 0 Å². The Morgan fingerprint density at radius 3 is 2.80 bits per heavy atom. The van der Waals surface area contributed by atoms with Crippen molar-refractivity contribution in [3.63, 3.8) is 0 Å². The third-order valence-corrected chi connectivity index (χ3v) is 3.35. The smallest absolute Gasteiger partial charge is 0.131 e. The van der Waals surface area contributed by atoms with Gasteiger partial charge in [-0.1, -0.05) is 25.5 Å². The molecule has 0 spiro atoms. The Labute approximate surface area is 120 Å². The number of unbranched alkanes of at least 4 members (excludes halogenated alkanes) is 1. The highest BCUT2D eigenvalue weighted by atomic mass is 16.5. The SMILES string of the molecule is CCCCn1c(C)nc(-c2cccc(OCC)c2)c1N. The Bertz CT molecular complexity index is 575. The Balaban J connectivity index is 2.35. The lowest BCUT2D eigenvalue weighted by Gasteiger charge is -2.07. The number of anilines is 1. The second-order valence-corrected chi connectivity index (χ2v) is 4.86. The highest BCUT2D eigenvalue weighted by Gasteiger charge is 2.13. The molecule has 20 heavy (non-hydrogen) atoms. The van der Waals surface area contributed by atoms with Crippen molar-refractivity contribution in [2.45, 2.75) is 40.2 Å². The van der Waals surface area contributed by atoms with E-state index in [9.17, 15) is 0 Å². The van der Waals surface area contributed by atoms with Gasteiger partial charge in [-0.3, -0.25) is 0 Å². The van der Waals surface area contributed by atoms with Gasteiger partial charge in [-0.2, -0.15) is 0 Å². The molecule has 1 aromatic carbocycles. The van der Waals surface area contributed by atoms with Crippen LogP contribution in [0.2, 0.25) is 0 Å². The Morgan fingerprint density at radius 2 is 2.10 bits per heavy atom. The average molecular weight is 273 g/mol. The molecule has 4 heteroatoms. The molecule has 1 heterocycles. The average Bonchev–Trinajstić information content (AvgIpc) is 2.73. The van der Waals surface area contributed by atoms with Crippen molar-refractivity contribution in [1.29, 1.82) is 0 Å². The highest BCUT2D eigenvalue weighted by molar-refractivity contribution is 5.72. The molecular formula is C16H23N3O. The fourth-order valence-electron chi connectivity index (χ4n) is 2.29. The second-order valence-electron chi connectivity index (χ2n) is 4.86. The van der Waals surface area contributed by atoms with Crippen molar-refractivity contribution >= 4 is 5.82 Å². The van der Waals surface area contributed by atoms with Crippen molar-refractivity contribution in [2.75, 3.05) is 12.3 Å². The molecule has 0 saturated heterocycles. The third kappa shape index (κ3) is 2.95. The number of rotatable bonds is 6. The van der Waals surface area contributed by atoms with E-state index in [0.717, 1.165) is 48.0 Å². The number of benzene rings is 1. The molecule has 0 aliphatic rings. The predicted octanol–water partition coefficient (Wildman–Crippen LogP) is 3.64. The number of hydrogen-bond donors (Lipinski definition) is 1. The van der Waals surface area contributed by atoms with Crippen molar-refractivity contribution in [1.82, 2.24) is 9.55 Å². The van der Waals surface area contributed by atoms with Crippen LogP contribution >= 0.6 is 0 Å². The number of nitrogen functional groups attached to an aromatic ring is 1. The zero-order valence-corrected chi connectivity index (χ0v) is 12.5. The van der Waals surface area contributed by atoms with E-state index in [2.05, 4.69) is 16.5 Å². The summed E-state index contributed by atoms with van der Waals surface area (Å²) in [6.07, 6.45) is 2.26. The van der Waals surface area contributed by atoms with Crippen LogP contribution in [0.4, 0.5) is 5.82 Å². The maximum atomic E-state index is 6.26. The van der Waals surface area contributed by atoms with Gasteiger partial charge in [0.1, 0.15) is 23.1 Å². The third-order valence-electron chi connectivity index (χ3n) is 3.35. The van der Waals surface area contributed by atoms with Crippen LogP contribution in [0, 0.1) is 6.92 Å². The number of nitrogens with zero attached hydrogens (tertiary/aromatic N) is 2. The summed E-state index contributed by atoms with van der Waals surface area (Å²) in [6.45, 7) is 7.73. The summed E-state index contributed by atoms with van der Waals surface area (Å²) < 4.78 is 7.62. The predicted molar refractivity (Wildman–Crippen MR) is 82.9 cm³/mol. The zero-order chi connectivity index (χ0) is 14.5. The molecule has 2 rings (SSSR count). The van der Waals surface area contributed by atoms with E-state index in [-0.39, 0.29) is 0 Å². The molecule has 4 nitrogen and oxygen atoms in total. The molecule has 0 amide bonds. The van der Waals surface area contributed by atoms with E-state index in [4.69, 9.17) is 10.5 Å². The first-order valence-corrected chi connectivity index (χ1v) is 7.23. The van der Waals surface area contributed by atoms with Crippen LogP contribution in [0.25, 0.3) is 11.3 Å². The van der Waals surface area contributed by atoms with E-state index in [1.165, 1.54) is 0 Å². The van der Waals surface area contributed by atoms with E-state index >= 15 is 0 Å². The summed E-state index contributed by atoms with van der Waals surface area (Å²) >= 11 is 0. The van der Waals surface area contributed by atoms with Crippen LogP contribution in [-0.4, -0.2) is 16.2 Å². The summed E-state index contributed by atoms with van der Waals surface area (Å²) in [5, 5.41) is 0. The number of ether oxygens (including phenoxy) is 1. The molecule has 0 aliphatic carbocycles. The van der Waals surface area contributed by atoms with Gasteiger partial charge in [-0.15, -0.1) is 0 Å². The summed E-state index contributed by atoms with van der Waals surface area (Å²) in [4.78, 5) is 4.62. The number of aryl methyl sites for hydroxylation is 1. The lowest BCUT2D eigenvalue weighted by molar-refractivity contribution is 0.340. The minimum absolute atomic E-state index is 0.656. The lowest BCUT2D eigenvalue weighted by atomic mass is 10.1. The van der Waals surface area contributed by atoms with Gasteiger partial charge >= 0.3 is 0 Å². The summed E-state index contributed by atoms with van der Waals surface area (Å²) in [7, 11) is 0. The molecule has 0 atom stereocenters. The number of imidazole rings is 1. The van der Waals surface area contributed by atoms with Crippen LogP contribution in [0.3, 0.4) is 0 Å². The van der Waals surface area contributed by atoms with Crippen LogP contribution in [0.15, 0.2) is 24.3 Å². The first kappa shape index (κ1) is 14.4. The van der Waals surface area contributed by atoms with Crippen LogP contribution in [0.5, 0.6) is 5.75 Å².